The van der Waals surface area contributed by atoms with Crippen LogP contribution in [0.2, 0.25) is 0 Å². The second-order valence-corrected chi connectivity index (χ2v) is 3.41. The van der Waals surface area contributed by atoms with Gasteiger partial charge in [0, 0.05) is 26.8 Å². The highest BCUT2D eigenvalue weighted by molar-refractivity contribution is 7.02. The van der Waals surface area contributed by atoms with Gasteiger partial charge < -0.3 is 5.32 Å². The van der Waals surface area contributed by atoms with Gasteiger partial charge in [-0.05, 0) is 13.0 Å². The smallest absolute Gasteiger partial charge is 0.316 e. The van der Waals surface area contributed by atoms with E-state index in [1.165, 1.54) is 0 Å². The van der Waals surface area contributed by atoms with Gasteiger partial charge in [0.2, 0.25) is 0 Å². The van der Waals surface area contributed by atoms with Crippen molar-refractivity contribution in [2.24, 2.45) is 0 Å². The third-order valence-corrected chi connectivity index (χ3v) is 2.46. The lowest BCUT2D eigenvalue weighted by Crippen LogP contribution is -2.09. The minimum absolute atomic E-state index is 0. The summed E-state index contributed by atoms with van der Waals surface area (Å²) in [5.74, 6) is 1.28. The Bertz CT molecular complexity index is 294. The van der Waals surface area contributed by atoms with E-state index in [0.717, 1.165) is 36.9 Å². The van der Waals surface area contributed by atoms with Crippen molar-refractivity contribution < 1.29 is 2.85 Å². The van der Waals surface area contributed by atoms with E-state index in [1.807, 2.05) is 0 Å². The average Bonchev–Trinajstić information content (AvgIpc) is 2.55. The lowest BCUT2D eigenvalue weighted by Gasteiger charge is -2.00. The maximum atomic E-state index is 10.7. The fraction of sp³-hybridized carbons (Fsp3) is 0.667. The molecule has 1 aromatic rings. The molecule has 64 valence electrons. The zero-order valence-electron chi connectivity index (χ0n) is 5.96. The Hall–Kier alpha value is -0.680. The Labute approximate surface area is 70.8 Å². The molecule has 0 aliphatic carbocycles. The van der Waals surface area contributed by atoms with Crippen molar-refractivity contribution in [3.05, 3.63) is 15.5 Å². The van der Waals surface area contributed by atoms with Crippen LogP contribution in [0.4, 0.5) is 0 Å². The molecule has 1 aromatic heterocycles. The maximum absolute atomic E-state index is 10.7. The van der Waals surface area contributed by atoms with Crippen LogP contribution in [0.1, 0.15) is 21.0 Å². The number of hydrogen-bond donors (Lipinski definition) is 2. The highest BCUT2D eigenvalue weighted by atomic mass is 32.1. The quantitative estimate of drug-likeness (QED) is 0.649. The molecule has 0 radical (unpaired) electrons. The van der Waals surface area contributed by atoms with E-state index in [9.17, 15) is 4.79 Å². The van der Waals surface area contributed by atoms with Crippen molar-refractivity contribution in [1.29, 1.82) is 0 Å². The summed E-state index contributed by atoms with van der Waals surface area (Å²) in [7, 11) is 0. The largest absolute Gasteiger partial charge is 0.323 e. The Morgan fingerprint density at radius 3 is 3.18 bits per heavy atom. The molecule has 1 atom stereocenters. The number of aromatic nitrogens is 2. The molecule has 0 amide bonds. The van der Waals surface area contributed by atoms with Crippen LogP contribution < -0.4 is 10.2 Å². The topological polar surface area (TPSA) is 57.8 Å². The summed E-state index contributed by atoms with van der Waals surface area (Å²) < 4.78 is 4.03. The third kappa shape index (κ3) is 1.34. The minimum Gasteiger partial charge on any atom is -0.316 e. The maximum Gasteiger partial charge on any atom is 0.323 e. The first-order valence-electron chi connectivity index (χ1n) is 3.63. The van der Waals surface area contributed by atoms with Crippen LogP contribution in [0.15, 0.2) is 4.79 Å². The summed E-state index contributed by atoms with van der Waals surface area (Å²) in [6.45, 7) is 1.98. The van der Waals surface area contributed by atoms with E-state index in [0.29, 0.717) is 5.92 Å². The van der Waals surface area contributed by atoms with Crippen LogP contribution in [0.5, 0.6) is 0 Å². The van der Waals surface area contributed by atoms with Gasteiger partial charge in [-0.15, -0.1) is 0 Å². The van der Waals surface area contributed by atoms with Crippen molar-refractivity contribution in [2.45, 2.75) is 12.3 Å². The van der Waals surface area contributed by atoms with Crippen LogP contribution in [-0.4, -0.2) is 22.4 Å². The number of rotatable bonds is 1. The average molecular weight is 175 g/mol. The number of aromatic amines is 1. The zero-order chi connectivity index (χ0) is 7.68. The van der Waals surface area contributed by atoms with Crippen molar-refractivity contribution >= 4 is 11.5 Å². The van der Waals surface area contributed by atoms with E-state index in [4.69, 9.17) is 0 Å². The van der Waals surface area contributed by atoms with Crippen LogP contribution in [0, 0.1) is 0 Å². The molecule has 1 aliphatic heterocycles. The second-order valence-electron chi connectivity index (χ2n) is 2.67. The number of H-pyrrole nitrogens is 1. The summed E-state index contributed by atoms with van der Waals surface area (Å²) in [4.78, 5) is 13.4. The van der Waals surface area contributed by atoms with Gasteiger partial charge in [0.25, 0.3) is 0 Å². The molecule has 1 aliphatic rings. The summed E-state index contributed by atoms with van der Waals surface area (Å²) in [6, 6.07) is 0. The van der Waals surface area contributed by atoms with Gasteiger partial charge in [-0.25, -0.2) is 0 Å². The Kier molecular flexibility index (Phi) is 1.75. The highest BCUT2D eigenvalue weighted by Gasteiger charge is 2.19. The predicted molar refractivity (Wildman–Crippen MR) is 47.2 cm³/mol. The van der Waals surface area contributed by atoms with Crippen LogP contribution in [0.3, 0.4) is 0 Å². The lowest BCUT2D eigenvalue weighted by atomic mass is 10.1. The molecule has 2 rings (SSSR count). The molecule has 1 saturated heterocycles. The molecule has 5 heteroatoms. The molecule has 2 heterocycles. The monoisotopic (exact) mass is 175 g/mol. The standard InChI is InChI=1S/C6H9N3OS.2H2/c10-6-8-5(9-11-6)4-1-2-7-3-4;;/h4,7H,1-3H2,(H,8,9,10);2*1H/t4-;;/m1../s1. The summed E-state index contributed by atoms with van der Waals surface area (Å²) in [6.07, 6.45) is 1.08. The first kappa shape index (κ1) is 7.00. The minimum atomic E-state index is -0.0492. The first-order chi connectivity index (χ1) is 5.36. The van der Waals surface area contributed by atoms with E-state index < -0.39 is 0 Å². The second kappa shape index (κ2) is 2.75. The molecular formula is C6H13N3OS. The number of nitrogens with one attached hydrogen (secondary N) is 2. The molecule has 0 aromatic carbocycles. The van der Waals surface area contributed by atoms with E-state index in [-0.39, 0.29) is 7.73 Å². The van der Waals surface area contributed by atoms with Gasteiger partial charge in [0.05, 0.1) is 0 Å². The highest BCUT2D eigenvalue weighted by Crippen LogP contribution is 2.17. The van der Waals surface area contributed by atoms with E-state index >= 15 is 0 Å². The van der Waals surface area contributed by atoms with Gasteiger partial charge >= 0.3 is 4.87 Å². The van der Waals surface area contributed by atoms with Crippen molar-refractivity contribution in [3.8, 4) is 0 Å². The zero-order valence-corrected chi connectivity index (χ0v) is 6.78. The van der Waals surface area contributed by atoms with Crippen molar-refractivity contribution in [1.82, 2.24) is 14.7 Å². The molecule has 0 bridgehead atoms. The Morgan fingerprint density at radius 2 is 2.64 bits per heavy atom. The first-order valence-corrected chi connectivity index (χ1v) is 4.40. The molecule has 11 heavy (non-hydrogen) atoms. The Morgan fingerprint density at radius 1 is 1.73 bits per heavy atom. The predicted octanol–water partition coefficient (Wildman–Crippen LogP) is 0.400. The van der Waals surface area contributed by atoms with Gasteiger partial charge in [-0.2, -0.15) is 4.37 Å². The number of hydrogen-bond acceptors (Lipinski definition) is 4. The molecule has 1 fully saturated rings. The molecule has 2 N–H and O–H groups in total. The molecule has 4 nitrogen and oxygen atoms in total. The summed E-state index contributed by atoms with van der Waals surface area (Å²) in [5, 5.41) is 3.22. The third-order valence-electron chi connectivity index (χ3n) is 1.90. The molecule has 0 unspecified atom stereocenters. The van der Waals surface area contributed by atoms with E-state index in [2.05, 4.69) is 14.7 Å². The van der Waals surface area contributed by atoms with Crippen LogP contribution >= 0.6 is 11.5 Å². The number of nitrogens with zero attached hydrogens (tertiary/aromatic N) is 1. The summed E-state index contributed by atoms with van der Waals surface area (Å²) >= 11 is 1.00. The molecule has 0 spiro atoms. The fourth-order valence-corrected chi connectivity index (χ4v) is 1.83. The van der Waals surface area contributed by atoms with Gasteiger partial charge in [-0.1, -0.05) is 0 Å². The molecular weight excluding hydrogens is 162 g/mol. The van der Waals surface area contributed by atoms with Crippen LogP contribution in [0.25, 0.3) is 0 Å². The van der Waals surface area contributed by atoms with Crippen molar-refractivity contribution in [3.63, 3.8) is 0 Å². The van der Waals surface area contributed by atoms with Gasteiger partial charge in [0.1, 0.15) is 5.82 Å². The normalized spacial score (nSPS) is 24.2. The van der Waals surface area contributed by atoms with Crippen LogP contribution in [-0.2, 0) is 0 Å². The fourth-order valence-electron chi connectivity index (χ4n) is 1.31. The van der Waals surface area contributed by atoms with Crippen molar-refractivity contribution in [2.75, 3.05) is 13.1 Å². The SMILES string of the molecule is O=c1[nH]c([C@@H]2CCNC2)ns1.[HH].[HH]. The molecule has 0 saturated carbocycles. The lowest BCUT2D eigenvalue weighted by molar-refractivity contribution is 0.715. The Balaban J connectivity index is 0.000000720. The van der Waals surface area contributed by atoms with Gasteiger partial charge in [0.15, 0.2) is 0 Å². The summed E-state index contributed by atoms with van der Waals surface area (Å²) in [5.41, 5.74) is 0. The van der Waals surface area contributed by atoms with E-state index in [1.54, 1.807) is 0 Å². The van der Waals surface area contributed by atoms with Gasteiger partial charge in [-0.3, -0.25) is 9.78 Å².